The predicted octanol–water partition coefficient (Wildman–Crippen LogP) is 0.792. The molecule has 2 rings (SSSR count). The molecule has 1 heterocycles. The molecule has 0 atom stereocenters. The first-order valence-electron chi connectivity index (χ1n) is 9.53. The zero-order valence-electron chi connectivity index (χ0n) is 16.8. The van der Waals surface area contributed by atoms with Gasteiger partial charge in [0, 0.05) is 26.7 Å². The summed E-state index contributed by atoms with van der Waals surface area (Å²) in [7, 11) is -2.12. The predicted molar refractivity (Wildman–Crippen MR) is 105 cm³/mol. The van der Waals surface area contributed by atoms with E-state index in [-0.39, 0.29) is 42.4 Å². The maximum absolute atomic E-state index is 12.3. The van der Waals surface area contributed by atoms with Crippen LogP contribution in [0.5, 0.6) is 5.75 Å². The summed E-state index contributed by atoms with van der Waals surface area (Å²) in [4.78, 5) is 25.8. The molecule has 162 valence electrons. The summed E-state index contributed by atoms with van der Waals surface area (Å²) in [5, 5.41) is 0. The van der Waals surface area contributed by atoms with Gasteiger partial charge >= 0.3 is 5.97 Å². The average Bonchev–Trinajstić information content (AvgIpc) is 2.72. The second kappa shape index (κ2) is 11.1. The van der Waals surface area contributed by atoms with Crippen LogP contribution in [-0.4, -0.2) is 71.8 Å². The molecule has 0 aromatic heterocycles. The van der Waals surface area contributed by atoms with E-state index in [1.165, 1.54) is 31.4 Å². The van der Waals surface area contributed by atoms with Crippen molar-refractivity contribution in [3.05, 3.63) is 24.3 Å². The van der Waals surface area contributed by atoms with Crippen molar-refractivity contribution in [2.45, 2.75) is 24.7 Å². The van der Waals surface area contributed by atoms with Crippen molar-refractivity contribution in [2.24, 2.45) is 5.92 Å². The van der Waals surface area contributed by atoms with Gasteiger partial charge in [-0.2, -0.15) is 0 Å². The fourth-order valence-electron chi connectivity index (χ4n) is 2.94. The van der Waals surface area contributed by atoms with E-state index in [2.05, 4.69) is 4.72 Å². The van der Waals surface area contributed by atoms with Gasteiger partial charge in [0.15, 0.2) is 6.61 Å². The number of nitrogens with one attached hydrogen (secondary N) is 1. The van der Waals surface area contributed by atoms with Crippen molar-refractivity contribution in [3.63, 3.8) is 0 Å². The van der Waals surface area contributed by atoms with E-state index < -0.39 is 10.0 Å². The average molecular weight is 429 g/mol. The minimum Gasteiger partial charge on any atom is -0.484 e. The van der Waals surface area contributed by atoms with E-state index in [9.17, 15) is 18.0 Å². The molecule has 1 aliphatic rings. The van der Waals surface area contributed by atoms with Crippen molar-refractivity contribution in [1.82, 2.24) is 9.62 Å². The number of esters is 1. The minimum atomic E-state index is -3.61. The molecule has 1 fully saturated rings. The van der Waals surface area contributed by atoms with Crippen LogP contribution < -0.4 is 9.46 Å². The Morgan fingerprint density at radius 2 is 1.83 bits per heavy atom. The maximum atomic E-state index is 12.3. The maximum Gasteiger partial charge on any atom is 0.309 e. The Hall–Kier alpha value is -2.17. The van der Waals surface area contributed by atoms with Gasteiger partial charge in [0.25, 0.3) is 5.91 Å². The molecular weight excluding hydrogens is 400 g/mol. The van der Waals surface area contributed by atoms with E-state index >= 15 is 0 Å². The normalized spacial score (nSPS) is 15.2. The van der Waals surface area contributed by atoms with Crippen LogP contribution in [0, 0.1) is 5.92 Å². The fourth-order valence-corrected chi connectivity index (χ4v) is 3.95. The number of likely N-dealkylation sites (tertiary alicyclic amines) is 1. The van der Waals surface area contributed by atoms with Gasteiger partial charge in [-0.05, 0) is 44.0 Å². The van der Waals surface area contributed by atoms with Gasteiger partial charge in [-0.3, -0.25) is 9.59 Å². The van der Waals surface area contributed by atoms with Crippen molar-refractivity contribution >= 4 is 21.9 Å². The van der Waals surface area contributed by atoms with Gasteiger partial charge in [-0.25, -0.2) is 13.1 Å². The van der Waals surface area contributed by atoms with Crippen LogP contribution in [-0.2, 0) is 29.1 Å². The number of piperidine rings is 1. The van der Waals surface area contributed by atoms with E-state index in [1.54, 1.807) is 11.8 Å². The molecule has 10 heteroatoms. The number of carbonyl (C=O) groups is 2. The number of hydrogen-bond acceptors (Lipinski definition) is 7. The zero-order chi connectivity index (χ0) is 21.3. The zero-order valence-corrected chi connectivity index (χ0v) is 17.6. The van der Waals surface area contributed by atoms with E-state index in [1.807, 2.05) is 0 Å². The number of carbonyl (C=O) groups excluding carboxylic acids is 2. The SMILES string of the molecule is CCOC(=O)C1CCN(C(=O)COc2ccc(S(=O)(=O)NCCOC)cc2)CC1. The molecule has 1 aromatic carbocycles. The second-order valence-electron chi connectivity index (χ2n) is 6.56. The van der Waals surface area contributed by atoms with Crippen molar-refractivity contribution in [2.75, 3.05) is 46.6 Å². The molecule has 0 unspecified atom stereocenters. The van der Waals surface area contributed by atoms with Crippen LogP contribution in [0.3, 0.4) is 0 Å². The van der Waals surface area contributed by atoms with E-state index in [0.29, 0.717) is 38.3 Å². The molecule has 0 bridgehead atoms. The Labute approximate surface area is 171 Å². The highest BCUT2D eigenvalue weighted by molar-refractivity contribution is 7.89. The van der Waals surface area contributed by atoms with Crippen molar-refractivity contribution in [1.29, 1.82) is 0 Å². The topological polar surface area (TPSA) is 111 Å². The van der Waals surface area contributed by atoms with Crippen LogP contribution in [0.15, 0.2) is 29.2 Å². The lowest BCUT2D eigenvalue weighted by molar-refractivity contribution is -0.151. The Bertz CT molecular complexity index is 772. The summed E-state index contributed by atoms with van der Waals surface area (Å²) in [5.41, 5.74) is 0. The Balaban J connectivity index is 1.80. The van der Waals surface area contributed by atoms with E-state index in [4.69, 9.17) is 14.2 Å². The second-order valence-corrected chi connectivity index (χ2v) is 8.32. The lowest BCUT2D eigenvalue weighted by Crippen LogP contribution is -2.42. The van der Waals surface area contributed by atoms with Crippen LogP contribution in [0.1, 0.15) is 19.8 Å². The number of hydrogen-bond donors (Lipinski definition) is 1. The van der Waals surface area contributed by atoms with Crippen molar-refractivity contribution in [3.8, 4) is 5.75 Å². The third-order valence-electron chi connectivity index (χ3n) is 4.56. The number of benzene rings is 1. The Morgan fingerprint density at radius 3 is 2.41 bits per heavy atom. The summed E-state index contributed by atoms with van der Waals surface area (Å²) < 4.78 is 42.0. The third-order valence-corrected chi connectivity index (χ3v) is 6.04. The first-order valence-corrected chi connectivity index (χ1v) is 11.0. The monoisotopic (exact) mass is 428 g/mol. The van der Waals surface area contributed by atoms with Crippen molar-refractivity contribution < 1.29 is 32.2 Å². The fraction of sp³-hybridized carbons (Fsp3) is 0.579. The largest absolute Gasteiger partial charge is 0.484 e. The smallest absolute Gasteiger partial charge is 0.309 e. The number of nitrogens with zero attached hydrogens (tertiary/aromatic N) is 1. The lowest BCUT2D eigenvalue weighted by atomic mass is 9.97. The Morgan fingerprint density at radius 1 is 1.17 bits per heavy atom. The first kappa shape index (κ1) is 23.1. The van der Waals surface area contributed by atoms with Crippen LogP contribution in [0.25, 0.3) is 0 Å². The molecule has 0 saturated carbocycles. The molecule has 1 amide bonds. The number of amides is 1. The Kier molecular flexibility index (Phi) is 8.87. The quantitative estimate of drug-likeness (QED) is 0.433. The summed E-state index contributed by atoms with van der Waals surface area (Å²) in [5.74, 6) is -0.143. The molecular formula is C19H28N2O7S. The number of sulfonamides is 1. The molecule has 0 aliphatic carbocycles. The van der Waals surface area contributed by atoms with Gasteiger partial charge in [-0.1, -0.05) is 0 Å². The number of ether oxygens (including phenoxy) is 3. The van der Waals surface area contributed by atoms with Gasteiger partial charge in [-0.15, -0.1) is 0 Å². The highest BCUT2D eigenvalue weighted by Crippen LogP contribution is 2.20. The van der Waals surface area contributed by atoms with E-state index in [0.717, 1.165) is 0 Å². The molecule has 0 radical (unpaired) electrons. The number of rotatable bonds is 10. The van der Waals surface area contributed by atoms with Gasteiger partial charge in [0.1, 0.15) is 5.75 Å². The molecule has 1 aliphatic heterocycles. The molecule has 1 N–H and O–H groups in total. The highest BCUT2D eigenvalue weighted by atomic mass is 32.2. The molecule has 1 aromatic rings. The first-order chi connectivity index (χ1) is 13.9. The lowest BCUT2D eigenvalue weighted by Gasteiger charge is -2.30. The summed E-state index contributed by atoms with van der Waals surface area (Å²) in [6.45, 7) is 3.40. The summed E-state index contributed by atoms with van der Waals surface area (Å²) in [6, 6.07) is 5.84. The molecule has 1 saturated heterocycles. The van der Waals surface area contributed by atoms with Gasteiger partial charge in [0.2, 0.25) is 10.0 Å². The molecule has 29 heavy (non-hydrogen) atoms. The standard InChI is InChI=1S/C19H28N2O7S/c1-3-27-19(23)15-8-11-21(12-9-15)18(22)14-28-16-4-6-17(7-5-16)29(24,25)20-10-13-26-2/h4-7,15,20H,3,8-14H2,1-2H3. The number of methoxy groups -OCH3 is 1. The van der Waals surface area contributed by atoms with Gasteiger partial charge in [0.05, 0.1) is 24.0 Å². The van der Waals surface area contributed by atoms with Crippen LogP contribution in [0.4, 0.5) is 0 Å². The van der Waals surface area contributed by atoms with Gasteiger partial charge < -0.3 is 19.1 Å². The minimum absolute atomic E-state index is 0.105. The van der Waals surface area contributed by atoms with Crippen LogP contribution in [0.2, 0.25) is 0 Å². The summed E-state index contributed by atoms with van der Waals surface area (Å²) in [6.07, 6.45) is 1.15. The molecule has 9 nitrogen and oxygen atoms in total. The summed E-state index contributed by atoms with van der Waals surface area (Å²) >= 11 is 0. The highest BCUT2D eigenvalue weighted by Gasteiger charge is 2.28. The van der Waals surface area contributed by atoms with Crippen LogP contribution >= 0.6 is 0 Å². The molecule has 0 spiro atoms. The third kappa shape index (κ3) is 6.98.